The number of nitrogens with zero attached hydrogens (tertiary/aromatic N) is 1. The number of halogens is 3. The summed E-state index contributed by atoms with van der Waals surface area (Å²) < 4.78 is 16.7. The number of esters is 1. The predicted molar refractivity (Wildman–Crippen MR) is 135 cm³/mol. The topological polar surface area (TPSA) is 65.1 Å². The van der Waals surface area contributed by atoms with Gasteiger partial charge in [0.05, 0.1) is 33.8 Å². The summed E-state index contributed by atoms with van der Waals surface area (Å²) in [5.74, 6) is -0.0682. The highest BCUT2D eigenvalue weighted by atomic mass is 79.9. The lowest BCUT2D eigenvalue weighted by molar-refractivity contribution is -0.145. The van der Waals surface area contributed by atoms with Gasteiger partial charge in [0.25, 0.3) is 5.91 Å². The van der Waals surface area contributed by atoms with Crippen molar-refractivity contribution in [2.45, 2.75) is 6.92 Å². The first-order valence-electron chi connectivity index (χ1n) is 9.14. The third-order valence-corrected chi connectivity index (χ3v) is 6.56. The number of thioether (sulfide) groups is 1. The number of amides is 1. The highest BCUT2D eigenvalue weighted by molar-refractivity contribution is 9.10. The molecule has 168 valence electrons. The Bertz CT molecular complexity index is 1130. The first-order valence-corrected chi connectivity index (χ1v) is 11.9. The van der Waals surface area contributed by atoms with Gasteiger partial charge in [-0.3, -0.25) is 9.69 Å². The summed E-state index contributed by atoms with van der Waals surface area (Å²) in [5.41, 5.74) is 1.13. The molecule has 0 bridgehead atoms. The Kier molecular flexibility index (Phi) is 8.46. The molecule has 6 nitrogen and oxygen atoms in total. The van der Waals surface area contributed by atoms with E-state index in [2.05, 4.69) is 15.9 Å². The van der Waals surface area contributed by atoms with E-state index in [4.69, 9.17) is 49.6 Å². The Hall–Kier alpha value is -1.78. The summed E-state index contributed by atoms with van der Waals surface area (Å²) in [7, 11) is 1.48. The minimum Gasteiger partial charge on any atom is -0.493 e. The molecule has 1 aliphatic heterocycles. The van der Waals surface area contributed by atoms with Gasteiger partial charge in [-0.1, -0.05) is 47.2 Å². The third kappa shape index (κ3) is 5.58. The number of carbonyl (C=O) groups is 2. The van der Waals surface area contributed by atoms with Crippen LogP contribution < -0.4 is 14.4 Å². The molecule has 0 radical (unpaired) electrons. The molecule has 1 amide bonds. The van der Waals surface area contributed by atoms with Crippen LogP contribution in [0.4, 0.5) is 5.69 Å². The van der Waals surface area contributed by atoms with Crippen molar-refractivity contribution < 1.29 is 23.8 Å². The van der Waals surface area contributed by atoms with Gasteiger partial charge in [0.1, 0.15) is 0 Å². The van der Waals surface area contributed by atoms with Crippen LogP contribution >= 0.6 is 63.1 Å². The van der Waals surface area contributed by atoms with Crippen LogP contribution in [-0.2, 0) is 14.3 Å². The van der Waals surface area contributed by atoms with Crippen LogP contribution in [0.2, 0.25) is 10.0 Å². The van der Waals surface area contributed by atoms with Crippen molar-refractivity contribution in [1.29, 1.82) is 0 Å². The average molecular weight is 577 g/mol. The van der Waals surface area contributed by atoms with Gasteiger partial charge in [-0.2, -0.15) is 0 Å². The van der Waals surface area contributed by atoms with Gasteiger partial charge in [0, 0.05) is 5.02 Å². The summed E-state index contributed by atoms with van der Waals surface area (Å²) in [6, 6.07) is 8.27. The standard InChI is InChI=1S/C21H16BrCl2NO5S2/c1-3-29-18(26)10-30-19-13(22)6-11(7-16(19)28-2)8-17-20(27)25(21(31)32-17)15-5-4-12(23)9-14(15)24/h4-9H,3,10H2,1-2H3/b17-8+. The molecule has 2 aromatic rings. The smallest absolute Gasteiger partial charge is 0.344 e. The maximum atomic E-state index is 13.0. The van der Waals surface area contributed by atoms with Crippen molar-refractivity contribution >= 4 is 91.1 Å². The second-order valence-electron chi connectivity index (χ2n) is 6.24. The fraction of sp³-hybridized carbons (Fsp3) is 0.190. The van der Waals surface area contributed by atoms with Gasteiger partial charge in [0.15, 0.2) is 22.4 Å². The SMILES string of the molecule is CCOC(=O)COc1c(Br)cc(/C=C2/SC(=S)N(c3ccc(Cl)cc3Cl)C2=O)cc1OC. The second-order valence-corrected chi connectivity index (χ2v) is 9.61. The highest BCUT2D eigenvalue weighted by Gasteiger charge is 2.34. The normalized spacial score (nSPS) is 14.8. The minimum atomic E-state index is -0.491. The van der Waals surface area contributed by atoms with Crippen LogP contribution in [0.3, 0.4) is 0 Å². The molecule has 2 aromatic carbocycles. The molecule has 1 heterocycles. The molecule has 0 N–H and O–H groups in total. The summed E-state index contributed by atoms with van der Waals surface area (Å²) in [5, 5.41) is 0.782. The molecular formula is C21H16BrCl2NO5S2. The Morgan fingerprint density at radius 3 is 2.69 bits per heavy atom. The number of methoxy groups -OCH3 is 1. The summed E-state index contributed by atoms with van der Waals surface area (Å²) in [4.78, 5) is 26.4. The number of carbonyl (C=O) groups excluding carboxylic acids is 2. The summed E-state index contributed by atoms with van der Waals surface area (Å²) in [6.07, 6.45) is 1.69. The summed E-state index contributed by atoms with van der Waals surface area (Å²) >= 11 is 22.2. The zero-order chi connectivity index (χ0) is 23.4. The molecule has 11 heteroatoms. The molecule has 0 unspecified atom stereocenters. The van der Waals surface area contributed by atoms with E-state index in [0.29, 0.717) is 46.5 Å². The van der Waals surface area contributed by atoms with E-state index in [-0.39, 0.29) is 19.1 Å². The maximum Gasteiger partial charge on any atom is 0.344 e. The Balaban J connectivity index is 1.88. The fourth-order valence-corrected chi connectivity index (χ4v) is 5.14. The molecular weight excluding hydrogens is 561 g/mol. The van der Waals surface area contributed by atoms with Gasteiger partial charge in [-0.05, 0) is 64.8 Å². The Morgan fingerprint density at radius 1 is 1.28 bits per heavy atom. The first kappa shape index (κ1) is 24.9. The van der Waals surface area contributed by atoms with Crippen molar-refractivity contribution in [3.63, 3.8) is 0 Å². The predicted octanol–water partition coefficient (Wildman–Crippen LogP) is 6.11. The number of benzene rings is 2. The van der Waals surface area contributed by atoms with Crippen LogP contribution in [0, 0.1) is 0 Å². The molecule has 1 aliphatic rings. The van der Waals surface area contributed by atoms with Gasteiger partial charge in [-0.15, -0.1) is 0 Å². The number of hydrogen-bond donors (Lipinski definition) is 0. The zero-order valence-corrected chi connectivity index (χ0v) is 21.5. The quantitative estimate of drug-likeness (QED) is 0.224. The molecule has 1 saturated heterocycles. The van der Waals surface area contributed by atoms with Gasteiger partial charge < -0.3 is 14.2 Å². The lowest BCUT2D eigenvalue weighted by Gasteiger charge is -2.16. The first-order chi connectivity index (χ1) is 15.2. The van der Waals surface area contributed by atoms with Crippen LogP contribution in [0.1, 0.15) is 12.5 Å². The van der Waals surface area contributed by atoms with Crippen molar-refractivity contribution in [3.8, 4) is 11.5 Å². The minimum absolute atomic E-state index is 0.261. The van der Waals surface area contributed by atoms with Crippen LogP contribution in [0.15, 0.2) is 39.7 Å². The van der Waals surface area contributed by atoms with Crippen molar-refractivity contribution in [3.05, 3.63) is 55.3 Å². The van der Waals surface area contributed by atoms with E-state index < -0.39 is 5.97 Å². The number of hydrogen-bond acceptors (Lipinski definition) is 7. The van der Waals surface area contributed by atoms with E-state index in [9.17, 15) is 9.59 Å². The third-order valence-electron chi connectivity index (χ3n) is 4.13. The van der Waals surface area contributed by atoms with E-state index in [1.165, 1.54) is 12.0 Å². The van der Waals surface area contributed by atoms with Crippen molar-refractivity contribution in [2.75, 3.05) is 25.2 Å². The molecule has 0 aromatic heterocycles. The van der Waals surface area contributed by atoms with E-state index in [1.807, 2.05) is 0 Å². The molecule has 3 rings (SSSR count). The number of thiocarbonyl (C=S) groups is 1. The second kappa shape index (κ2) is 10.9. The lowest BCUT2D eigenvalue weighted by atomic mass is 10.1. The number of ether oxygens (including phenoxy) is 3. The largest absolute Gasteiger partial charge is 0.493 e. The molecule has 1 fully saturated rings. The van der Waals surface area contributed by atoms with E-state index >= 15 is 0 Å². The molecule has 32 heavy (non-hydrogen) atoms. The maximum absolute atomic E-state index is 13.0. The van der Waals surface area contributed by atoms with Crippen molar-refractivity contribution in [2.24, 2.45) is 0 Å². The van der Waals surface area contributed by atoms with E-state index in [1.54, 1.807) is 43.3 Å². The molecule has 0 aliphatic carbocycles. The van der Waals surface area contributed by atoms with Crippen LogP contribution in [0.5, 0.6) is 11.5 Å². The number of anilines is 1. The lowest BCUT2D eigenvalue weighted by Crippen LogP contribution is -2.27. The summed E-state index contributed by atoms with van der Waals surface area (Å²) in [6.45, 7) is 1.72. The van der Waals surface area contributed by atoms with Crippen LogP contribution in [-0.4, -0.2) is 36.5 Å². The van der Waals surface area contributed by atoms with Gasteiger partial charge in [0.2, 0.25) is 0 Å². The monoisotopic (exact) mass is 575 g/mol. The van der Waals surface area contributed by atoms with Gasteiger partial charge in [-0.25, -0.2) is 4.79 Å². The van der Waals surface area contributed by atoms with E-state index in [0.717, 1.165) is 11.8 Å². The Morgan fingerprint density at radius 2 is 2.03 bits per heavy atom. The molecule has 0 saturated carbocycles. The van der Waals surface area contributed by atoms with Gasteiger partial charge >= 0.3 is 5.97 Å². The number of rotatable bonds is 7. The van der Waals surface area contributed by atoms with Crippen molar-refractivity contribution in [1.82, 2.24) is 0 Å². The zero-order valence-electron chi connectivity index (χ0n) is 16.8. The molecule has 0 spiro atoms. The fourth-order valence-electron chi connectivity index (χ4n) is 2.79. The highest BCUT2D eigenvalue weighted by Crippen LogP contribution is 2.41. The van der Waals surface area contributed by atoms with Crippen LogP contribution in [0.25, 0.3) is 6.08 Å². The average Bonchev–Trinajstić information content (AvgIpc) is 3.00. The Labute approximate surface area is 212 Å². The molecule has 0 atom stereocenters.